The molecule has 0 spiro atoms. The molecular formula is C19H18O4. The number of rotatable bonds is 4. The molecule has 1 atom stereocenters. The maximum Gasteiger partial charge on any atom is 0.339 e. The van der Waals surface area contributed by atoms with E-state index >= 15 is 0 Å². The molecule has 0 aromatic heterocycles. The zero-order chi connectivity index (χ0) is 16.7. The lowest BCUT2D eigenvalue weighted by Gasteiger charge is -2.07. The van der Waals surface area contributed by atoms with Crippen LogP contribution in [0.4, 0.5) is 0 Å². The predicted molar refractivity (Wildman–Crippen MR) is 87.7 cm³/mol. The molecule has 0 unspecified atom stereocenters. The Hall–Kier alpha value is -2.93. The second-order valence-electron chi connectivity index (χ2n) is 4.77. The molecule has 0 heterocycles. The van der Waals surface area contributed by atoms with Gasteiger partial charge >= 0.3 is 5.97 Å². The van der Waals surface area contributed by atoms with E-state index in [1.807, 2.05) is 24.3 Å². The van der Waals surface area contributed by atoms with Crippen molar-refractivity contribution in [3.8, 4) is 23.3 Å². The van der Waals surface area contributed by atoms with E-state index in [9.17, 15) is 4.79 Å². The van der Waals surface area contributed by atoms with Crippen LogP contribution in [-0.4, -0.2) is 26.3 Å². The molecule has 2 aromatic carbocycles. The number of methoxy groups -OCH3 is 2. The first-order chi connectivity index (χ1) is 11.1. The van der Waals surface area contributed by atoms with Gasteiger partial charge in [0.15, 0.2) is 6.10 Å². The Bertz CT molecular complexity index is 706. The van der Waals surface area contributed by atoms with Crippen molar-refractivity contribution in [2.45, 2.75) is 13.0 Å². The summed E-state index contributed by atoms with van der Waals surface area (Å²) in [6, 6.07) is 14.1. The van der Waals surface area contributed by atoms with Crippen molar-refractivity contribution < 1.29 is 19.0 Å². The summed E-state index contributed by atoms with van der Waals surface area (Å²) in [4.78, 5) is 12.0. The normalized spacial score (nSPS) is 10.9. The van der Waals surface area contributed by atoms with E-state index in [1.54, 1.807) is 45.4 Å². The Morgan fingerprint density at radius 3 is 1.96 bits per heavy atom. The smallest absolute Gasteiger partial charge is 0.339 e. The summed E-state index contributed by atoms with van der Waals surface area (Å²) in [5.74, 6) is 6.92. The van der Waals surface area contributed by atoms with Crippen LogP contribution in [0, 0.1) is 11.8 Å². The number of ether oxygens (including phenoxy) is 3. The van der Waals surface area contributed by atoms with E-state index in [-0.39, 0.29) is 0 Å². The van der Waals surface area contributed by atoms with Gasteiger partial charge in [-0.15, -0.1) is 0 Å². The summed E-state index contributed by atoms with van der Waals surface area (Å²) < 4.78 is 15.4. The van der Waals surface area contributed by atoms with Crippen molar-refractivity contribution in [1.29, 1.82) is 0 Å². The first kappa shape index (κ1) is 16.4. The van der Waals surface area contributed by atoms with Gasteiger partial charge in [-0.25, -0.2) is 4.79 Å². The standard InChI is InChI=1S/C19H18O4/c1-14(4-5-15-6-10-17(21-2)11-7-15)23-19(20)16-8-12-18(22-3)13-9-16/h6-14H,1-3H3/t14-/m0/s1. The van der Waals surface area contributed by atoms with Gasteiger partial charge in [0.2, 0.25) is 0 Å². The molecule has 0 bridgehead atoms. The van der Waals surface area contributed by atoms with Crippen LogP contribution in [0.2, 0.25) is 0 Å². The van der Waals surface area contributed by atoms with Gasteiger partial charge in [-0.1, -0.05) is 11.8 Å². The third kappa shape index (κ3) is 4.79. The monoisotopic (exact) mass is 310 g/mol. The Labute approximate surface area is 136 Å². The van der Waals surface area contributed by atoms with Gasteiger partial charge in [-0.05, 0) is 55.5 Å². The zero-order valence-corrected chi connectivity index (χ0v) is 13.3. The van der Waals surface area contributed by atoms with E-state index in [0.29, 0.717) is 11.3 Å². The van der Waals surface area contributed by atoms with E-state index < -0.39 is 12.1 Å². The fourth-order valence-corrected chi connectivity index (χ4v) is 1.84. The molecule has 0 aliphatic heterocycles. The van der Waals surface area contributed by atoms with Gasteiger partial charge in [0, 0.05) is 5.56 Å². The fraction of sp³-hybridized carbons (Fsp3) is 0.211. The van der Waals surface area contributed by atoms with Crippen LogP contribution in [0.3, 0.4) is 0 Å². The lowest BCUT2D eigenvalue weighted by molar-refractivity contribution is 0.0438. The van der Waals surface area contributed by atoms with E-state index in [0.717, 1.165) is 11.3 Å². The summed E-state index contributed by atoms with van der Waals surface area (Å²) in [6.07, 6.45) is -0.508. The van der Waals surface area contributed by atoms with Gasteiger partial charge in [0.25, 0.3) is 0 Å². The molecule has 4 heteroatoms. The Balaban J connectivity index is 1.96. The lowest BCUT2D eigenvalue weighted by atomic mass is 10.2. The number of carbonyl (C=O) groups excluding carboxylic acids is 1. The Morgan fingerprint density at radius 2 is 1.43 bits per heavy atom. The minimum Gasteiger partial charge on any atom is -0.497 e. The Morgan fingerprint density at radius 1 is 0.913 bits per heavy atom. The maximum atomic E-state index is 12.0. The van der Waals surface area contributed by atoms with Crippen LogP contribution in [-0.2, 0) is 4.74 Å². The van der Waals surface area contributed by atoms with Crippen LogP contribution in [0.25, 0.3) is 0 Å². The third-order valence-electron chi connectivity index (χ3n) is 3.12. The van der Waals surface area contributed by atoms with Crippen molar-refractivity contribution in [3.05, 3.63) is 59.7 Å². The average Bonchev–Trinajstić information content (AvgIpc) is 2.60. The summed E-state index contributed by atoms with van der Waals surface area (Å²) in [7, 11) is 3.19. The second-order valence-corrected chi connectivity index (χ2v) is 4.77. The zero-order valence-electron chi connectivity index (χ0n) is 13.3. The summed E-state index contributed by atoms with van der Waals surface area (Å²) >= 11 is 0. The molecule has 0 aliphatic carbocycles. The van der Waals surface area contributed by atoms with Crippen LogP contribution >= 0.6 is 0 Å². The number of carbonyl (C=O) groups is 1. The van der Waals surface area contributed by atoms with Crippen LogP contribution in [0.15, 0.2) is 48.5 Å². The van der Waals surface area contributed by atoms with Crippen molar-refractivity contribution >= 4 is 5.97 Å². The molecule has 0 fully saturated rings. The fourth-order valence-electron chi connectivity index (χ4n) is 1.84. The second kappa shape index (κ2) is 7.90. The summed E-state index contributed by atoms with van der Waals surface area (Å²) in [6.45, 7) is 1.73. The van der Waals surface area contributed by atoms with E-state index in [1.165, 1.54) is 0 Å². The third-order valence-corrected chi connectivity index (χ3v) is 3.12. The first-order valence-corrected chi connectivity index (χ1v) is 7.13. The van der Waals surface area contributed by atoms with Gasteiger partial charge in [-0.3, -0.25) is 0 Å². The molecule has 0 N–H and O–H groups in total. The first-order valence-electron chi connectivity index (χ1n) is 7.13. The maximum absolute atomic E-state index is 12.0. The highest BCUT2D eigenvalue weighted by Gasteiger charge is 2.10. The molecule has 0 saturated carbocycles. The highest BCUT2D eigenvalue weighted by Crippen LogP contribution is 2.13. The van der Waals surface area contributed by atoms with Crippen LogP contribution in [0.5, 0.6) is 11.5 Å². The van der Waals surface area contributed by atoms with Crippen molar-refractivity contribution in [3.63, 3.8) is 0 Å². The van der Waals surface area contributed by atoms with E-state index in [2.05, 4.69) is 11.8 Å². The SMILES string of the molecule is COc1ccc(C#C[C@H](C)OC(=O)c2ccc(OC)cc2)cc1. The molecule has 118 valence electrons. The molecule has 2 aromatic rings. The van der Waals surface area contributed by atoms with Crippen LogP contribution in [0.1, 0.15) is 22.8 Å². The highest BCUT2D eigenvalue weighted by molar-refractivity contribution is 5.89. The number of esters is 1. The summed E-state index contributed by atoms with van der Waals surface area (Å²) in [5.41, 5.74) is 1.29. The van der Waals surface area contributed by atoms with Gasteiger partial charge in [0.05, 0.1) is 19.8 Å². The minimum atomic E-state index is -0.508. The minimum absolute atomic E-state index is 0.413. The number of hydrogen-bond acceptors (Lipinski definition) is 4. The Kier molecular flexibility index (Phi) is 5.65. The molecule has 4 nitrogen and oxygen atoms in total. The highest BCUT2D eigenvalue weighted by atomic mass is 16.5. The molecule has 0 saturated heterocycles. The quantitative estimate of drug-likeness (QED) is 0.642. The molecule has 0 radical (unpaired) electrons. The largest absolute Gasteiger partial charge is 0.497 e. The number of hydrogen-bond donors (Lipinski definition) is 0. The van der Waals surface area contributed by atoms with Gasteiger partial charge in [-0.2, -0.15) is 0 Å². The predicted octanol–water partition coefficient (Wildman–Crippen LogP) is 3.30. The molecular weight excluding hydrogens is 292 g/mol. The molecule has 0 aliphatic rings. The summed E-state index contributed by atoms with van der Waals surface area (Å²) in [5, 5.41) is 0. The molecule has 2 rings (SSSR count). The molecule has 23 heavy (non-hydrogen) atoms. The van der Waals surface area contributed by atoms with Crippen LogP contribution < -0.4 is 9.47 Å². The van der Waals surface area contributed by atoms with E-state index in [4.69, 9.17) is 14.2 Å². The topological polar surface area (TPSA) is 44.8 Å². The number of benzene rings is 2. The van der Waals surface area contributed by atoms with Gasteiger partial charge < -0.3 is 14.2 Å². The average molecular weight is 310 g/mol. The molecule has 0 amide bonds. The van der Waals surface area contributed by atoms with Crippen molar-refractivity contribution in [2.75, 3.05) is 14.2 Å². The van der Waals surface area contributed by atoms with Gasteiger partial charge in [0.1, 0.15) is 11.5 Å². The van der Waals surface area contributed by atoms with Crippen molar-refractivity contribution in [2.24, 2.45) is 0 Å². The lowest BCUT2D eigenvalue weighted by Crippen LogP contribution is -2.13. The van der Waals surface area contributed by atoms with Crippen molar-refractivity contribution in [1.82, 2.24) is 0 Å².